The molecule has 1 aromatic carbocycles. The number of benzene rings is 1. The molecule has 0 radical (unpaired) electrons. The molecule has 26 heavy (non-hydrogen) atoms. The number of pyridine rings is 1. The Labute approximate surface area is 146 Å². The Bertz CT molecular complexity index is 908. The van der Waals surface area contributed by atoms with Gasteiger partial charge in [-0.3, -0.25) is 4.98 Å². The molecule has 0 aliphatic heterocycles. The van der Waals surface area contributed by atoms with Crippen molar-refractivity contribution < 1.29 is 18.3 Å². The molecule has 3 rings (SSSR count). The molecule has 0 amide bonds. The molecule has 0 saturated carbocycles. The Hall–Kier alpha value is -3.20. The van der Waals surface area contributed by atoms with Gasteiger partial charge in [-0.05, 0) is 24.3 Å². The van der Waals surface area contributed by atoms with E-state index in [0.29, 0.717) is 11.3 Å². The van der Waals surface area contributed by atoms with Crippen LogP contribution in [0.2, 0.25) is 0 Å². The molecule has 0 unspecified atom stereocenters. The maximum Gasteiger partial charge on any atom is 0.225 e. The molecule has 0 aliphatic rings. The average Bonchev–Trinajstić information content (AvgIpc) is 2.67. The Morgan fingerprint density at radius 3 is 2.62 bits per heavy atom. The summed E-state index contributed by atoms with van der Waals surface area (Å²) in [5.41, 5.74) is 0.877. The van der Waals surface area contributed by atoms with Gasteiger partial charge >= 0.3 is 0 Å². The second-order valence-electron chi connectivity index (χ2n) is 5.20. The van der Waals surface area contributed by atoms with Crippen LogP contribution in [0.15, 0.2) is 42.7 Å². The van der Waals surface area contributed by atoms with Crippen molar-refractivity contribution in [3.8, 4) is 11.3 Å². The summed E-state index contributed by atoms with van der Waals surface area (Å²) in [6, 6.07) is 6.89. The summed E-state index contributed by atoms with van der Waals surface area (Å²) < 4.78 is 40.4. The number of nitrogens with zero attached hydrogens (tertiary/aromatic N) is 3. The fraction of sp³-hybridized carbons (Fsp3) is 0.118. The van der Waals surface area contributed by atoms with Crippen molar-refractivity contribution in [2.45, 2.75) is 0 Å². The molecule has 6 nitrogen and oxygen atoms in total. The van der Waals surface area contributed by atoms with Crippen molar-refractivity contribution in [3.05, 3.63) is 60.2 Å². The van der Waals surface area contributed by atoms with E-state index in [9.17, 15) is 13.2 Å². The van der Waals surface area contributed by atoms with E-state index in [1.807, 2.05) is 0 Å². The first-order valence-electron chi connectivity index (χ1n) is 7.63. The summed E-state index contributed by atoms with van der Waals surface area (Å²) in [6.07, 6.45) is 3.19. The number of halogens is 3. The second-order valence-corrected chi connectivity index (χ2v) is 5.20. The summed E-state index contributed by atoms with van der Waals surface area (Å²) >= 11 is 0. The highest BCUT2D eigenvalue weighted by molar-refractivity contribution is 5.67. The van der Waals surface area contributed by atoms with E-state index >= 15 is 0 Å². The molecule has 0 saturated heterocycles. The number of aliphatic hydroxyl groups is 1. The van der Waals surface area contributed by atoms with E-state index in [-0.39, 0.29) is 30.6 Å². The number of aromatic nitrogens is 3. The lowest BCUT2D eigenvalue weighted by Crippen LogP contribution is -2.10. The standard InChI is InChI=1S/C17H14F3N5O/c18-11-3-4-12(16(20)15(11)19)23-14-8-13(10-2-1-5-21-9-10)24-17(25-14)22-6-7-26/h1-5,8-9,26H,6-7H2,(H2,22,23,24,25). The van der Waals surface area contributed by atoms with Crippen LogP contribution in [-0.4, -0.2) is 33.2 Å². The van der Waals surface area contributed by atoms with Gasteiger partial charge in [-0.15, -0.1) is 0 Å². The molecule has 0 atom stereocenters. The van der Waals surface area contributed by atoms with Gasteiger partial charge in [0.25, 0.3) is 0 Å². The lowest BCUT2D eigenvalue weighted by molar-refractivity contribution is 0.311. The number of anilines is 3. The van der Waals surface area contributed by atoms with Crippen LogP contribution >= 0.6 is 0 Å². The normalized spacial score (nSPS) is 10.6. The van der Waals surface area contributed by atoms with Crippen molar-refractivity contribution in [2.75, 3.05) is 23.8 Å². The third kappa shape index (κ3) is 3.89. The SMILES string of the molecule is OCCNc1nc(Nc2ccc(F)c(F)c2F)cc(-c2cccnc2)n1. The average molecular weight is 361 g/mol. The minimum atomic E-state index is -1.57. The highest BCUT2D eigenvalue weighted by Crippen LogP contribution is 2.26. The molecule has 134 valence electrons. The van der Waals surface area contributed by atoms with Crippen LogP contribution in [0.3, 0.4) is 0 Å². The maximum atomic E-state index is 13.9. The number of rotatable bonds is 6. The minimum absolute atomic E-state index is 0.138. The van der Waals surface area contributed by atoms with Crippen LogP contribution in [0.25, 0.3) is 11.3 Å². The predicted octanol–water partition coefficient (Wildman–Crippen LogP) is 3.10. The summed E-state index contributed by atoms with van der Waals surface area (Å²) in [5, 5.41) is 14.4. The minimum Gasteiger partial charge on any atom is -0.395 e. The third-order valence-corrected chi connectivity index (χ3v) is 3.38. The molecule has 2 aromatic heterocycles. The topological polar surface area (TPSA) is 83.0 Å². The highest BCUT2D eigenvalue weighted by Gasteiger charge is 2.15. The molecule has 9 heteroatoms. The molecule has 0 fully saturated rings. The molecular weight excluding hydrogens is 347 g/mol. The summed E-state index contributed by atoms with van der Waals surface area (Å²) in [7, 11) is 0. The lowest BCUT2D eigenvalue weighted by atomic mass is 10.2. The van der Waals surface area contributed by atoms with Crippen LogP contribution in [0, 0.1) is 17.5 Å². The van der Waals surface area contributed by atoms with E-state index < -0.39 is 17.5 Å². The van der Waals surface area contributed by atoms with Crippen molar-refractivity contribution in [1.29, 1.82) is 0 Å². The van der Waals surface area contributed by atoms with E-state index in [2.05, 4.69) is 25.6 Å². The van der Waals surface area contributed by atoms with Crippen LogP contribution in [0.5, 0.6) is 0 Å². The van der Waals surface area contributed by atoms with Gasteiger partial charge < -0.3 is 15.7 Å². The van der Waals surface area contributed by atoms with Crippen molar-refractivity contribution in [3.63, 3.8) is 0 Å². The summed E-state index contributed by atoms with van der Waals surface area (Å²) in [5.74, 6) is -3.88. The van der Waals surface area contributed by atoms with Crippen LogP contribution in [0.1, 0.15) is 0 Å². The maximum absolute atomic E-state index is 13.9. The van der Waals surface area contributed by atoms with Gasteiger partial charge in [0.2, 0.25) is 5.95 Å². The summed E-state index contributed by atoms with van der Waals surface area (Å²) in [4.78, 5) is 12.4. The fourth-order valence-corrected chi connectivity index (χ4v) is 2.18. The van der Waals surface area contributed by atoms with E-state index in [4.69, 9.17) is 5.11 Å². The first-order valence-corrected chi connectivity index (χ1v) is 7.63. The quantitative estimate of drug-likeness (QED) is 0.585. The first kappa shape index (κ1) is 17.6. The lowest BCUT2D eigenvalue weighted by Gasteiger charge is -2.12. The zero-order valence-corrected chi connectivity index (χ0v) is 13.4. The van der Waals surface area contributed by atoms with Gasteiger partial charge in [0, 0.05) is 30.6 Å². The Kier molecular flexibility index (Phi) is 5.28. The van der Waals surface area contributed by atoms with Crippen LogP contribution in [-0.2, 0) is 0 Å². The van der Waals surface area contributed by atoms with Gasteiger partial charge in [0.05, 0.1) is 18.0 Å². The Balaban J connectivity index is 1.99. The number of hydrogen-bond donors (Lipinski definition) is 3. The van der Waals surface area contributed by atoms with Crippen molar-refractivity contribution in [1.82, 2.24) is 15.0 Å². The molecular formula is C17H14F3N5O. The largest absolute Gasteiger partial charge is 0.395 e. The smallest absolute Gasteiger partial charge is 0.225 e. The molecule has 0 bridgehead atoms. The molecule has 0 spiro atoms. The van der Waals surface area contributed by atoms with E-state index in [1.54, 1.807) is 24.5 Å². The van der Waals surface area contributed by atoms with E-state index in [0.717, 1.165) is 12.1 Å². The third-order valence-electron chi connectivity index (χ3n) is 3.38. The molecule has 3 N–H and O–H groups in total. The van der Waals surface area contributed by atoms with Crippen molar-refractivity contribution >= 4 is 17.5 Å². The predicted molar refractivity (Wildman–Crippen MR) is 90.4 cm³/mol. The van der Waals surface area contributed by atoms with E-state index in [1.165, 1.54) is 6.07 Å². The van der Waals surface area contributed by atoms with Crippen LogP contribution in [0.4, 0.5) is 30.6 Å². The zero-order chi connectivity index (χ0) is 18.5. The number of hydrogen-bond acceptors (Lipinski definition) is 6. The van der Waals surface area contributed by atoms with Gasteiger partial charge in [-0.1, -0.05) is 0 Å². The van der Waals surface area contributed by atoms with Gasteiger partial charge in [0.1, 0.15) is 5.82 Å². The van der Waals surface area contributed by atoms with Crippen molar-refractivity contribution in [2.24, 2.45) is 0 Å². The van der Waals surface area contributed by atoms with Crippen LogP contribution < -0.4 is 10.6 Å². The zero-order valence-electron chi connectivity index (χ0n) is 13.4. The fourth-order valence-electron chi connectivity index (χ4n) is 2.18. The van der Waals surface area contributed by atoms with Gasteiger partial charge in [-0.25, -0.2) is 18.2 Å². The monoisotopic (exact) mass is 361 g/mol. The number of nitrogens with one attached hydrogen (secondary N) is 2. The highest BCUT2D eigenvalue weighted by atomic mass is 19.2. The molecule has 2 heterocycles. The molecule has 0 aliphatic carbocycles. The molecule has 3 aromatic rings. The second kappa shape index (κ2) is 7.79. The first-order chi connectivity index (χ1) is 12.6. The summed E-state index contributed by atoms with van der Waals surface area (Å²) in [6.45, 7) is 0.0660. The van der Waals surface area contributed by atoms with Gasteiger partial charge in [0.15, 0.2) is 17.5 Å². The Morgan fingerprint density at radius 2 is 1.88 bits per heavy atom. The van der Waals surface area contributed by atoms with Gasteiger partial charge in [-0.2, -0.15) is 4.98 Å². The number of aliphatic hydroxyl groups excluding tert-OH is 1. The Morgan fingerprint density at radius 1 is 1.04 bits per heavy atom.